The second kappa shape index (κ2) is 11.9. The number of carbonyl (C=O) groups is 1. The Labute approximate surface area is 212 Å². The molecule has 0 amide bonds. The van der Waals surface area contributed by atoms with Crippen LogP contribution in [-0.2, 0) is 6.54 Å². The molecule has 0 saturated carbocycles. The molecule has 1 aromatic heterocycles. The van der Waals surface area contributed by atoms with Crippen molar-refractivity contribution < 1.29 is 4.79 Å². The van der Waals surface area contributed by atoms with Crippen LogP contribution < -0.4 is 4.90 Å². The SMILES string of the molecule is CCCn1c(-c2ccccc2)cc(C(=O)CCCCN2CCN(c3ccccc3Br)CC2)c1C. The summed E-state index contributed by atoms with van der Waals surface area (Å²) in [6, 6.07) is 21.0. The Balaban J connectivity index is 1.27. The van der Waals surface area contributed by atoms with Gasteiger partial charge in [-0.2, -0.15) is 0 Å². The summed E-state index contributed by atoms with van der Waals surface area (Å²) in [5, 5.41) is 0. The van der Waals surface area contributed by atoms with E-state index in [1.165, 1.54) is 15.7 Å². The predicted molar refractivity (Wildman–Crippen MR) is 146 cm³/mol. The maximum absolute atomic E-state index is 13.1. The molecule has 4 rings (SSSR count). The number of aromatic nitrogens is 1. The number of carbonyl (C=O) groups excluding carboxylic acids is 1. The van der Waals surface area contributed by atoms with Crippen molar-refractivity contribution in [2.75, 3.05) is 37.6 Å². The third kappa shape index (κ3) is 5.81. The standard InChI is InChI=1S/C29H36BrN3O/c1-3-16-33-23(2)25(22-28(33)24-11-5-4-6-12-24)29(34)15-9-10-17-31-18-20-32(21-19-31)27-14-8-7-13-26(27)30/h4-8,11-14,22H,3,9-10,15-21H2,1-2H3. The lowest BCUT2D eigenvalue weighted by Gasteiger charge is -2.36. The van der Waals surface area contributed by atoms with E-state index in [1.807, 2.05) is 6.07 Å². The van der Waals surface area contributed by atoms with Crippen LogP contribution in [0.25, 0.3) is 11.3 Å². The van der Waals surface area contributed by atoms with E-state index in [2.05, 4.69) is 98.7 Å². The van der Waals surface area contributed by atoms with E-state index in [0.717, 1.165) is 75.5 Å². The van der Waals surface area contributed by atoms with Crippen molar-refractivity contribution in [1.82, 2.24) is 9.47 Å². The Hall–Kier alpha value is -2.37. The lowest BCUT2D eigenvalue weighted by atomic mass is 10.0. The number of unbranched alkanes of at least 4 members (excludes halogenated alkanes) is 1. The first-order chi connectivity index (χ1) is 16.6. The quantitative estimate of drug-likeness (QED) is 0.216. The number of halogens is 1. The summed E-state index contributed by atoms with van der Waals surface area (Å²) >= 11 is 3.67. The van der Waals surface area contributed by atoms with E-state index in [9.17, 15) is 4.79 Å². The molecule has 0 N–H and O–H groups in total. The minimum Gasteiger partial charge on any atom is -0.368 e. The minimum atomic E-state index is 0.281. The molecule has 0 unspecified atom stereocenters. The highest BCUT2D eigenvalue weighted by molar-refractivity contribution is 9.10. The molecule has 3 aromatic rings. The van der Waals surface area contributed by atoms with Crippen molar-refractivity contribution in [3.8, 4) is 11.3 Å². The van der Waals surface area contributed by atoms with E-state index in [1.54, 1.807) is 0 Å². The Kier molecular flexibility index (Phi) is 8.63. The van der Waals surface area contributed by atoms with Crippen molar-refractivity contribution in [2.24, 2.45) is 0 Å². The van der Waals surface area contributed by atoms with E-state index >= 15 is 0 Å². The van der Waals surface area contributed by atoms with Gasteiger partial charge in [0.25, 0.3) is 0 Å². The summed E-state index contributed by atoms with van der Waals surface area (Å²) in [5.74, 6) is 0.281. The Morgan fingerprint density at radius 1 is 0.912 bits per heavy atom. The molecular weight excluding hydrogens is 486 g/mol. The molecule has 1 aliphatic heterocycles. The Bertz CT molecular complexity index is 1080. The van der Waals surface area contributed by atoms with Crippen LogP contribution in [0, 0.1) is 6.92 Å². The molecule has 4 nitrogen and oxygen atoms in total. The molecular formula is C29H36BrN3O. The summed E-state index contributed by atoms with van der Waals surface area (Å²) in [4.78, 5) is 18.1. The largest absolute Gasteiger partial charge is 0.368 e. The second-order valence-electron chi connectivity index (χ2n) is 9.21. The lowest BCUT2D eigenvalue weighted by Crippen LogP contribution is -2.46. The number of benzene rings is 2. The van der Waals surface area contributed by atoms with Gasteiger partial charge >= 0.3 is 0 Å². The van der Waals surface area contributed by atoms with Crippen LogP contribution in [0.15, 0.2) is 65.1 Å². The first-order valence-electron chi connectivity index (χ1n) is 12.6. The number of piperazine rings is 1. The summed E-state index contributed by atoms with van der Waals surface area (Å²) < 4.78 is 3.48. The number of hydrogen-bond acceptors (Lipinski definition) is 3. The van der Waals surface area contributed by atoms with Crippen LogP contribution in [0.3, 0.4) is 0 Å². The lowest BCUT2D eigenvalue weighted by molar-refractivity contribution is 0.0977. The van der Waals surface area contributed by atoms with Crippen LogP contribution in [0.1, 0.15) is 48.7 Å². The highest BCUT2D eigenvalue weighted by Gasteiger charge is 2.20. The van der Waals surface area contributed by atoms with Gasteiger partial charge in [0.15, 0.2) is 5.78 Å². The van der Waals surface area contributed by atoms with E-state index in [-0.39, 0.29) is 5.78 Å². The summed E-state index contributed by atoms with van der Waals surface area (Å²) in [7, 11) is 0. The number of para-hydroxylation sites is 1. The predicted octanol–water partition coefficient (Wildman–Crippen LogP) is 6.81. The fraction of sp³-hybridized carbons (Fsp3) is 0.414. The molecule has 0 bridgehead atoms. The summed E-state index contributed by atoms with van der Waals surface area (Å²) in [6.45, 7) is 10.6. The Morgan fingerprint density at radius 3 is 2.32 bits per heavy atom. The average molecular weight is 523 g/mol. The molecule has 1 saturated heterocycles. The van der Waals surface area contributed by atoms with Gasteiger partial charge in [-0.05, 0) is 72.4 Å². The molecule has 1 aliphatic rings. The molecule has 0 atom stereocenters. The number of Topliss-reactive ketones (excluding diaryl/α,β-unsaturated/α-hetero) is 1. The first-order valence-corrected chi connectivity index (χ1v) is 13.4. The zero-order chi connectivity index (χ0) is 23.9. The van der Waals surface area contributed by atoms with Crippen molar-refractivity contribution in [1.29, 1.82) is 0 Å². The number of anilines is 1. The van der Waals surface area contributed by atoms with Crippen molar-refractivity contribution in [3.63, 3.8) is 0 Å². The maximum atomic E-state index is 13.1. The third-order valence-electron chi connectivity index (χ3n) is 6.88. The molecule has 2 heterocycles. The summed E-state index contributed by atoms with van der Waals surface area (Å²) in [5.41, 5.74) is 5.63. The molecule has 0 aliphatic carbocycles. The van der Waals surface area contributed by atoms with E-state index in [0.29, 0.717) is 6.42 Å². The van der Waals surface area contributed by atoms with Gasteiger partial charge < -0.3 is 9.47 Å². The van der Waals surface area contributed by atoms with E-state index < -0.39 is 0 Å². The van der Waals surface area contributed by atoms with E-state index in [4.69, 9.17) is 0 Å². The van der Waals surface area contributed by atoms with Gasteiger partial charge in [0.1, 0.15) is 0 Å². The van der Waals surface area contributed by atoms with Crippen LogP contribution in [0.4, 0.5) is 5.69 Å². The summed E-state index contributed by atoms with van der Waals surface area (Å²) in [6.07, 6.45) is 3.70. The number of hydrogen-bond donors (Lipinski definition) is 0. The maximum Gasteiger partial charge on any atom is 0.164 e. The van der Waals surface area contributed by atoms with Crippen LogP contribution in [-0.4, -0.2) is 48.0 Å². The molecule has 0 spiro atoms. The normalized spacial score (nSPS) is 14.5. The minimum absolute atomic E-state index is 0.281. The molecule has 5 heteroatoms. The Morgan fingerprint density at radius 2 is 1.62 bits per heavy atom. The van der Waals surface area contributed by atoms with Gasteiger partial charge in [0, 0.05) is 60.6 Å². The molecule has 0 radical (unpaired) electrons. The van der Waals surface area contributed by atoms with Crippen LogP contribution in [0.5, 0.6) is 0 Å². The van der Waals surface area contributed by atoms with Gasteiger partial charge in [-0.25, -0.2) is 0 Å². The second-order valence-corrected chi connectivity index (χ2v) is 10.1. The molecule has 2 aromatic carbocycles. The van der Waals surface area contributed by atoms with Gasteiger partial charge in [-0.15, -0.1) is 0 Å². The van der Waals surface area contributed by atoms with Gasteiger partial charge in [0.2, 0.25) is 0 Å². The highest BCUT2D eigenvalue weighted by atomic mass is 79.9. The zero-order valence-electron chi connectivity index (χ0n) is 20.5. The molecule has 1 fully saturated rings. The van der Waals surface area contributed by atoms with Crippen molar-refractivity contribution >= 4 is 27.4 Å². The van der Waals surface area contributed by atoms with Crippen molar-refractivity contribution in [3.05, 3.63) is 76.4 Å². The number of ketones is 1. The van der Waals surface area contributed by atoms with Gasteiger partial charge in [-0.1, -0.05) is 49.4 Å². The van der Waals surface area contributed by atoms with Crippen LogP contribution in [0.2, 0.25) is 0 Å². The monoisotopic (exact) mass is 521 g/mol. The third-order valence-corrected chi connectivity index (χ3v) is 7.55. The first kappa shape index (κ1) is 24.7. The zero-order valence-corrected chi connectivity index (χ0v) is 22.1. The van der Waals surface area contributed by atoms with Crippen LogP contribution >= 0.6 is 15.9 Å². The fourth-order valence-corrected chi connectivity index (χ4v) is 5.50. The van der Waals surface area contributed by atoms with Gasteiger partial charge in [0.05, 0.1) is 5.69 Å². The average Bonchev–Trinajstić information content (AvgIpc) is 3.19. The smallest absolute Gasteiger partial charge is 0.164 e. The number of rotatable bonds is 10. The van der Waals surface area contributed by atoms with Crippen molar-refractivity contribution in [2.45, 2.75) is 46.1 Å². The highest BCUT2D eigenvalue weighted by Crippen LogP contribution is 2.28. The molecule has 34 heavy (non-hydrogen) atoms. The topological polar surface area (TPSA) is 28.5 Å². The fourth-order valence-electron chi connectivity index (χ4n) is 4.96. The van der Waals surface area contributed by atoms with Gasteiger partial charge in [-0.3, -0.25) is 9.69 Å². The number of nitrogens with zero attached hydrogens (tertiary/aromatic N) is 3. The molecule has 180 valence electrons.